The molecule has 3 amide bonds. The predicted octanol–water partition coefficient (Wildman–Crippen LogP) is 8.06. The van der Waals surface area contributed by atoms with Gasteiger partial charge in [-0.3, -0.25) is 14.4 Å². The Balaban J connectivity index is 1.28. The van der Waals surface area contributed by atoms with Gasteiger partial charge >= 0.3 is 0 Å². The van der Waals surface area contributed by atoms with Gasteiger partial charge in [0.05, 0.1) is 18.4 Å². The van der Waals surface area contributed by atoms with Crippen LogP contribution >= 0.6 is 23.4 Å². The highest BCUT2D eigenvalue weighted by molar-refractivity contribution is 8.00. The summed E-state index contributed by atoms with van der Waals surface area (Å²) >= 11 is 7.50. The highest BCUT2D eigenvalue weighted by Gasteiger charge is 2.17. The highest BCUT2D eigenvalue weighted by atomic mass is 35.5. The number of para-hydroxylation sites is 1. The number of methoxy groups -OCH3 is 1. The lowest BCUT2D eigenvalue weighted by Gasteiger charge is -2.12. The minimum atomic E-state index is -0.545. The summed E-state index contributed by atoms with van der Waals surface area (Å²) in [7, 11) is 1.58. The van der Waals surface area contributed by atoms with E-state index in [1.54, 1.807) is 92.0 Å². The van der Waals surface area contributed by atoms with Gasteiger partial charge < -0.3 is 25.1 Å². The third-order valence-electron chi connectivity index (χ3n) is 6.84. The van der Waals surface area contributed by atoms with Gasteiger partial charge in [-0.15, -0.1) is 11.8 Å². The average molecular weight is 652 g/mol. The fourth-order valence-corrected chi connectivity index (χ4v) is 5.29. The van der Waals surface area contributed by atoms with Gasteiger partial charge in [0, 0.05) is 32.9 Å². The first-order valence-corrected chi connectivity index (χ1v) is 15.6. The molecule has 1 aromatic heterocycles. The molecule has 0 saturated carbocycles. The van der Waals surface area contributed by atoms with Crippen LogP contribution in [0.4, 0.5) is 11.4 Å². The van der Waals surface area contributed by atoms with Crippen molar-refractivity contribution in [3.05, 3.63) is 137 Å². The summed E-state index contributed by atoms with van der Waals surface area (Å²) in [6.45, 7) is 1.85. The molecule has 10 heteroatoms. The molecule has 1 heterocycles. The van der Waals surface area contributed by atoms with E-state index >= 15 is 0 Å². The van der Waals surface area contributed by atoms with Crippen LogP contribution in [0.1, 0.15) is 21.7 Å². The third kappa shape index (κ3) is 8.26. The molecule has 0 radical (unpaired) electrons. The Kier molecular flexibility index (Phi) is 10.6. The van der Waals surface area contributed by atoms with Gasteiger partial charge in [0.15, 0.2) is 0 Å². The van der Waals surface area contributed by atoms with Crippen LogP contribution in [0.2, 0.25) is 5.02 Å². The van der Waals surface area contributed by atoms with Gasteiger partial charge in [0.25, 0.3) is 11.8 Å². The smallest absolute Gasteiger partial charge is 0.272 e. The molecule has 0 fully saturated rings. The first-order valence-electron chi connectivity index (χ1n) is 14.2. The number of nitrogens with one attached hydrogen (secondary N) is 3. The molecule has 232 valence electrons. The molecule has 0 spiro atoms. The number of benzene rings is 4. The molecule has 5 rings (SSSR count). The first-order chi connectivity index (χ1) is 22.3. The van der Waals surface area contributed by atoms with Gasteiger partial charge in [-0.1, -0.05) is 48.0 Å². The number of amides is 3. The Bertz CT molecular complexity index is 1890. The molecule has 0 saturated heterocycles. The van der Waals surface area contributed by atoms with Crippen molar-refractivity contribution >= 4 is 58.5 Å². The molecule has 0 bridgehead atoms. The lowest BCUT2D eigenvalue weighted by atomic mass is 10.1. The fourth-order valence-electron chi connectivity index (χ4n) is 4.42. The van der Waals surface area contributed by atoms with Crippen molar-refractivity contribution in [2.45, 2.75) is 11.8 Å². The summed E-state index contributed by atoms with van der Waals surface area (Å²) in [5.41, 5.74) is 3.11. The van der Waals surface area contributed by atoms with Crippen LogP contribution in [0.25, 0.3) is 17.4 Å². The minimum Gasteiger partial charge on any atom is -0.496 e. The standard InChI is InChI=1S/C36H30ClN3O5S/c1-23-29(37)12-8-13-30(23)39-34(41)22-46-27-18-15-25(16-19-27)38-36(43)31(40-35(42)24-9-4-3-5-10-24)21-26-17-20-33(45-26)28-11-6-7-14-32(28)44-2/h3-21H,22H2,1-2H3,(H,38,43)(H,39,41)(H,40,42)/b31-21+. The monoisotopic (exact) mass is 651 g/mol. The van der Waals surface area contributed by atoms with E-state index in [2.05, 4.69) is 16.0 Å². The van der Waals surface area contributed by atoms with Crippen molar-refractivity contribution in [1.82, 2.24) is 5.32 Å². The number of rotatable bonds is 11. The van der Waals surface area contributed by atoms with E-state index in [0.29, 0.717) is 39.2 Å². The lowest BCUT2D eigenvalue weighted by molar-refractivity contribution is -0.114. The van der Waals surface area contributed by atoms with Crippen molar-refractivity contribution < 1.29 is 23.5 Å². The number of hydrogen-bond acceptors (Lipinski definition) is 6. The maximum Gasteiger partial charge on any atom is 0.272 e. The molecular weight excluding hydrogens is 622 g/mol. The molecule has 3 N–H and O–H groups in total. The summed E-state index contributed by atoms with van der Waals surface area (Å²) in [5.74, 6) is 0.577. The quantitative estimate of drug-likeness (QED) is 0.0985. The molecule has 46 heavy (non-hydrogen) atoms. The minimum absolute atomic E-state index is 0.0128. The lowest BCUT2D eigenvalue weighted by Crippen LogP contribution is -2.30. The summed E-state index contributed by atoms with van der Waals surface area (Å²) in [5, 5.41) is 9.01. The Labute approximate surface area is 275 Å². The SMILES string of the molecule is COc1ccccc1-c1ccc(/C=C(/NC(=O)c2ccccc2)C(=O)Nc2ccc(SCC(=O)Nc3cccc(Cl)c3C)cc2)o1. The summed E-state index contributed by atoms with van der Waals surface area (Å²) in [6.07, 6.45) is 1.47. The number of furan rings is 1. The van der Waals surface area contributed by atoms with Crippen LogP contribution in [-0.4, -0.2) is 30.6 Å². The van der Waals surface area contributed by atoms with E-state index in [-0.39, 0.29) is 17.4 Å². The molecule has 8 nitrogen and oxygen atoms in total. The second kappa shape index (κ2) is 15.2. The second-order valence-electron chi connectivity index (χ2n) is 10.0. The Morgan fingerprint density at radius 2 is 1.59 bits per heavy atom. The Morgan fingerprint density at radius 3 is 2.35 bits per heavy atom. The molecule has 0 aliphatic carbocycles. The Morgan fingerprint density at radius 1 is 0.848 bits per heavy atom. The van der Waals surface area contributed by atoms with E-state index < -0.39 is 11.8 Å². The van der Waals surface area contributed by atoms with Crippen molar-refractivity contribution in [3.8, 4) is 17.1 Å². The maximum atomic E-state index is 13.5. The van der Waals surface area contributed by atoms with Gasteiger partial charge in [0.1, 0.15) is 23.0 Å². The zero-order chi connectivity index (χ0) is 32.5. The number of carbonyl (C=O) groups excluding carboxylic acids is 3. The van der Waals surface area contributed by atoms with Crippen LogP contribution in [0.5, 0.6) is 5.75 Å². The van der Waals surface area contributed by atoms with Crippen molar-refractivity contribution in [3.63, 3.8) is 0 Å². The molecule has 5 aromatic rings. The van der Waals surface area contributed by atoms with E-state index in [1.807, 2.05) is 31.2 Å². The molecule has 4 aromatic carbocycles. The number of hydrogen-bond donors (Lipinski definition) is 3. The molecule has 0 unspecified atom stereocenters. The highest BCUT2D eigenvalue weighted by Crippen LogP contribution is 2.31. The summed E-state index contributed by atoms with van der Waals surface area (Å²) in [6, 6.07) is 31.9. The zero-order valence-electron chi connectivity index (χ0n) is 25.0. The van der Waals surface area contributed by atoms with Crippen LogP contribution in [0.15, 0.2) is 124 Å². The van der Waals surface area contributed by atoms with E-state index in [4.69, 9.17) is 20.8 Å². The van der Waals surface area contributed by atoms with E-state index in [0.717, 1.165) is 16.0 Å². The van der Waals surface area contributed by atoms with Gasteiger partial charge in [0.2, 0.25) is 5.91 Å². The number of halogens is 1. The second-order valence-corrected chi connectivity index (χ2v) is 11.5. The molecule has 0 aliphatic rings. The van der Waals surface area contributed by atoms with Crippen molar-refractivity contribution in [1.29, 1.82) is 0 Å². The number of ether oxygens (including phenoxy) is 1. The average Bonchev–Trinajstić information content (AvgIpc) is 3.55. The van der Waals surface area contributed by atoms with Gasteiger partial charge in [-0.2, -0.15) is 0 Å². The first kappa shape index (κ1) is 32.2. The fraction of sp³-hybridized carbons (Fsp3) is 0.0833. The van der Waals surface area contributed by atoms with Crippen molar-refractivity contribution in [2.75, 3.05) is 23.5 Å². The van der Waals surface area contributed by atoms with E-state index in [1.165, 1.54) is 17.8 Å². The zero-order valence-corrected chi connectivity index (χ0v) is 26.6. The predicted molar refractivity (Wildman–Crippen MR) is 183 cm³/mol. The van der Waals surface area contributed by atoms with Crippen LogP contribution in [-0.2, 0) is 9.59 Å². The largest absolute Gasteiger partial charge is 0.496 e. The van der Waals surface area contributed by atoms with Crippen LogP contribution < -0.4 is 20.7 Å². The Hall–Kier alpha value is -5.25. The number of thioether (sulfide) groups is 1. The van der Waals surface area contributed by atoms with Crippen LogP contribution in [0, 0.1) is 6.92 Å². The maximum absolute atomic E-state index is 13.5. The summed E-state index contributed by atoms with van der Waals surface area (Å²) in [4.78, 5) is 39.8. The summed E-state index contributed by atoms with van der Waals surface area (Å²) < 4.78 is 11.5. The van der Waals surface area contributed by atoms with Gasteiger partial charge in [-0.25, -0.2) is 0 Å². The molecular formula is C36H30ClN3O5S. The van der Waals surface area contributed by atoms with E-state index in [9.17, 15) is 14.4 Å². The third-order valence-corrected chi connectivity index (χ3v) is 8.26. The molecule has 0 aliphatic heterocycles. The van der Waals surface area contributed by atoms with Crippen LogP contribution in [0.3, 0.4) is 0 Å². The topological polar surface area (TPSA) is 110 Å². The number of anilines is 2. The number of carbonyl (C=O) groups is 3. The molecule has 0 atom stereocenters. The normalized spacial score (nSPS) is 11.1. The van der Waals surface area contributed by atoms with Gasteiger partial charge in [-0.05, 0) is 85.3 Å². The van der Waals surface area contributed by atoms with Crippen molar-refractivity contribution in [2.24, 2.45) is 0 Å².